The second-order valence-corrected chi connectivity index (χ2v) is 6.45. The first-order chi connectivity index (χ1) is 12.1. The molecule has 0 amide bonds. The van der Waals surface area contributed by atoms with Crippen molar-refractivity contribution in [3.8, 4) is 17.2 Å². The molecule has 2 aromatic carbocycles. The zero-order valence-corrected chi connectivity index (χ0v) is 15.1. The van der Waals surface area contributed by atoms with Crippen molar-refractivity contribution in [1.29, 1.82) is 0 Å². The Hall–Kier alpha value is -1.95. The molecule has 134 valence electrons. The Labute approximate surface area is 152 Å². The van der Waals surface area contributed by atoms with Gasteiger partial charge in [0.15, 0.2) is 11.5 Å². The lowest BCUT2D eigenvalue weighted by atomic mass is 9.91. The third-order valence-electron chi connectivity index (χ3n) is 4.72. The second kappa shape index (κ2) is 7.52. The SMILES string of the molecule is COc1cc2c(cc1O)C(CO)N(Cc1cccc(OC)c1Cl)CC2. The zero-order chi connectivity index (χ0) is 18.0. The van der Waals surface area contributed by atoms with E-state index in [1.54, 1.807) is 13.2 Å². The predicted molar refractivity (Wildman–Crippen MR) is 96.6 cm³/mol. The number of nitrogens with zero attached hydrogens (tertiary/aromatic N) is 1. The minimum absolute atomic E-state index is 0.0413. The number of aromatic hydroxyl groups is 1. The molecule has 1 aliphatic heterocycles. The van der Waals surface area contributed by atoms with Crippen LogP contribution in [0.15, 0.2) is 30.3 Å². The Morgan fingerprint density at radius 2 is 1.96 bits per heavy atom. The highest BCUT2D eigenvalue weighted by Gasteiger charge is 2.29. The lowest BCUT2D eigenvalue weighted by Crippen LogP contribution is -2.37. The fourth-order valence-corrected chi connectivity index (χ4v) is 3.65. The summed E-state index contributed by atoms with van der Waals surface area (Å²) in [5.41, 5.74) is 2.95. The van der Waals surface area contributed by atoms with E-state index in [0.717, 1.165) is 29.7 Å². The van der Waals surface area contributed by atoms with Crippen molar-refractivity contribution < 1.29 is 19.7 Å². The monoisotopic (exact) mass is 363 g/mol. The molecule has 0 radical (unpaired) electrons. The first-order valence-corrected chi connectivity index (χ1v) is 8.52. The molecular formula is C19H22ClNO4. The average molecular weight is 364 g/mol. The molecule has 2 N–H and O–H groups in total. The molecule has 1 aliphatic rings. The predicted octanol–water partition coefficient (Wildman–Crippen LogP) is 3.15. The van der Waals surface area contributed by atoms with E-state index in [2.05, 4.69) is 4.90 Å². The normalized spacial score (nSPS) is 17.2. The van der Waals surface area contributed by atoms with Crippen molar-refractivity contribution in [2.75, 3.05) is 27.4 Å². The summed E-state index contributed by atoms with van der Waals surface area (Å²) >= 11 is 6.41. The molecule has 0 saturated carbocycles. The summed E-state index contributed by atoms with van der Waals surface area (Å²) < 4.78 is 10.5. The Balaban J connectivity index is 1.91. The fraction of sp³-hybridized carbons (Fsp3) is 0.368. The van der Waals surface area contributed by atoms with E-state index in [9.17, 15) is 10.2 Å². The van der Waals surface area contributed by atoms with Crippen LogP contribution >= 0.6 is 11.6 Å². The van der Waals surface area contributed by atoms with Gasteiger partial charge in [-0.2, -0.15) is 0 Å². The Kier molecular flexibility index (Phi) is 5.37. The highest BCUT2D eigenvalue weighted by Crippen LogP contribution is 2.38. The number of rotatable bonds is 5. The van der Waals surface area contributed by atoms with Crippen LogP contribution in [0.5, 0.6) is 17.2 Å². The van der Waals surface area contributed by atoms with E-state index in [4.69, 9.17) is 21.1 Å². The Bertz CT molecular complexity index is 765. The number of benzene rings is 2. The molecule has 0 spiro atoms. The molecule has 2 aromatic rings. The highest BCUT2D eigenvalue weighted by atomic mass is 35.5. The van der Waals surface area contributed by atoms with E-state index in [1.165, 1.54) is 7.11 Å². The number of halogens is 1. The molecule has 0 aromatic heterocycles. The minimum Gasteiger partial charge on any atom is -0.504 e. The van der Waals surface area contributed by atoms with Gasteiger partial charge in [-0.15, -0.1) is 0 Å². The minimum atomic E-state index is -0.206. The molecule has 0 saturated heterocycles. The first-order valence-electron chi connectivity index (χ1n) is 8.15. The van der Waals surface area contributed by atoms with Crippen LogP contribution in [-0.2, 0) is 13.0 Å². The van der Waals surface area contributed by atoms with Crippen LogP contribution in [0.1, 0.15) is 22.7 Å². The van der Waals surface area contributed by atoms with Crippen LogP contribution < -0.4 is 9.47 Å². The fourth-order valence-electron chi connectivity index (χ4n) is 3.39. The standard InChI is InChI=1S/C19H22ClNO4/c1-24-17-5-3-4-13(19(17)20)10-21-7-6-12-8-18(25-2)16(23)9-14(12)15(21)11-22/h3-5,8-9,15,22-23H,6-7,10-11H2,1-2H3. The van der Waals surface area contributed by atoms with Gasteiger partial charge in [-0.3, -0.25) is 4.90 Å². The van der Waals surface area contributed by atoms with Crippen LogP contribution in [-0.4, -0.2) is 42.5 Å². The van der Waals surface area contributed by atoms with Gasteiger partial charge in [-0.05, 0) is 41.3 Å². The molecule has 6 heteroatoms. The van der Waals surface area contributed by atoms with Gasteiger partial charge in [0.2, 0.25) is 0 Å². The van der Waals surface area contributed by atoms with E-state index >= 15 is 0 Å². The number of aliphatic hydroxyl groups excluding tert-OH is 1. The summed E-state index contributed by atoms with van der Waals surface area (Å²) in [7, 11) is 3.12. The van der Waals surface area contributed by atoms with Crippen LogP contribution in [0.4, 0.5) is 0 Å². The molecule has 1 atom stereocenters. The number of methoxy groups -OCH3 is 2. The van der Waals surface area contributed by atoms with Gasteiger partial charge < -0.3 is 19.7 Å². The number of aliphatic hydroxyl groups is 1. The van der Waals surface area contributed by atoms with Gasteiger partial charge in [-0.1, -0.05) is 23.7 Å². The van der Waals surface area contributed by atoms with Crippen molar-refractivity contribution in [2.24, 2.45) is 0 Å². The number of fused-ring (bicyclic) bond motifs is 1. The Morgan fingerprint density at radius 1 is 1.20 bits per heavy atom. The molecule has 0 bridgehead atoms. The molecule has 3 rings (SSSR count). The molecule has 5 nitrogen and oxygen atoms in total. The van der Waals surface area contributed by atoms with Gasteiger partial charge >= 0.3 is 0 Å². The maximum atomic E-state index is 10.1. The van der Waals surface area contributed by atoms with Gasteiger partial charge in [0.25, 0.3) is 0 Å². The van der Waals surface area contributed by atoms with Crippen molar-refractivity contribution in [3.63, 3.8) is 0 Å². The topological polar surface area (TPSA) is 62.2 Å². The van der Waals surface area contributed by atoms with Crippen molar-refractivity contribution >= 4 is 11.6 Å². The van der Waals surface area contributed by atoms with Gasteiger partial charge in [0.1, 0.15) is 5.75 Å². The quantitative estimate of drug-likeness (QED) is 0.854. The summed E-state index contributed by atoms with van der Waals surface area (Å²) in [6.07, 6.45) is 0.810. The molecule has 1 heterocycles. The smallest absolute Gasteiger partial charge is 0.160 e. The number of phenols is 1. The molecule has 0 aliphatic carbocycles. The van der Waals surface area contributed by atoms with Crippen LogP contribution in [0.3, 0.4) is 0 Å². The van der Waals surface area contributed by atoms with E-state index in [0.29, 0.717) is 23.1 Å². The summed E-state index contributed by atoms with van der Waals surface area (Å²) in [6.45, 7) is 1.33. The molecule has 25 heavy (non-hydrogen) atoms. The summed E-state index contributed by atoms with van der Waals surface area (Å²) in [5.74, 6) is 1.18. The van der Waals surface area contributed by atoms with Gasteiger partial charge in [0.05, 0.1) is 31.9 Å². The largest absolute Gasteiger partial charge is 0.504 e. The third-order valence-corrected chi connectivity index (χ3v) is 5.15. The summed E-state index contributed by atoms with van der Waals surface area (Å²) in [4.78, 5) is 2.16. The first kappa shape index (κ1) is 17.9. The van der Waals surface area contributed by atoms with E-state index in [1.807, 2.05) is 24.3 Å². The van der Waals surface area contributed by atoms with Crippen molar-refractivity contribution in [3.05, 3.63) is 52.0 Å². The van der Waals surface area contributed by atoms with Crippen molar-refractivity contribution in [1.82, 2.24) is 4.90 Å². The summed E-state index contributed by atoms with van der Waals surface area (Å²) in [5, 5.41) is 20.7. The van der Waals surface area contributed by atoms with Crippen molar-refractivity contribution in [2.45, 2.75) is 19.0 Å². The number of hydrogen-bond donors (Lipinski definition) is 2. The molecule has 0 fully saturated rings. The maximum absolute atomic E-state index is 10.1. The van der Waals surface area contributed by atoms with E-state index < -0.39 is 0 Å². The molecule has 1 unspecified atom stereocenters. The second-order valence-electron chi connectivity index (χ2n) is 6.08. The maximum Gasteiger partial charge on any atom is 0.160 e. The Morgan fingerprint density at radius 3 is 2.64 bits per heavy atom. The third kappa shape index (κ3) is 3.40. The number of hydrogen-bond acceptors (Lipinski definition) is 5. The highest BCUT2D eigenvalue weighted by molar-refractivity contribution is 6.32. The van der Waals surface area contributed by atoms with Gasteiger partial charge in [0, 0.05) is 13.1 Å². The van der Waals surface area contributed by atoms with Crippen LogP contribution in [0.25, 0.3) is 0 Å². The molecular weight excluding hydrogens is 342 g/mol. The zero-order valence-electron chi connectivity index (χ0n) is 14.3. The van der Waals surface area contributed by atoms with E-state index in [-0.39, 0.29) is 18.4 Å². The lowest BCUT2D eigenvalue weighted by molar-refractivity contribution is 0.108. The van der Waals surface area contributed by atoms with Crippen LogP contribution in [0.2, 0.25) is 5.02 Å². The number of ether oxygens (including phenoxy) is 2. The van der Waals surface area contributed by atoms with Gasteiger partial charge in [-0.25, -0.2) is 0 Å². The lowest BCUT2D eigenvalue weighted by Gasteiger charge is -2.36. The number of phenolic OH excluding ortho intramolecular Hbond substituents is 1. The summed E-state index contributed by atoms with van der Waals surface area (Å²) in [6, 6.07) is 9.02. The van der Waals surface area contributed by atoms with Crippen LogP contribution in [0, 0.1) is 0 Å². The average Bonchev–Trinajstić information content (AvgIpc) is 2.62.